The van der Waals surface area contributed by atoms with Gasteiger partial charge >= 0.3 is 0 Å². The first-order valence-corrected chi connectivity index (χ1v) is 9.11. The highest BCUT2D eigenvalue weighted by Gasteiger charge is 2.62. The van der Waals surface area contributed by atoms with Gasteiger partial charge in [-0.25, -0.2) is 14.0 Å². The monoisotopic (exact) mass is 360 g/mol. The molecule has 2 saturated heterocycles. The number of nitrogens with zero attached hydrogens (tertiary/aromatic N) is 5. The third-order valence-electron chi connectivity index (χ3n) is 5.68. The van der Waals surface area contributed by atoms with Crippen LogP contribution in [0.3, 0.4) is 0 Å². The van der Waals surface area contributed by atoms with Crippen LogP contribution in [0.1, 0.15) is 12.5 Å². The summed E-state index contributed by atoms with van der Waals surface area (Å²) in [5, 5.41) is 0.172. The molecule has 25 heavy (non-hydrogen) atoms. The number of amidine groups is 2. The van der Waals surface area contributed by atoms with Gasteiger partial charge in [-0.3, -0.25) is 0 Å². The zero-order valence-electron chi connectivity index (χ0n) is 14.3. The predicted octanol–water partition coefficient (Wildman–Crippen LogP) is 1.95. The maximum atomic E-state index is 14.1. The van der Waals surface area contributed by atoms with Gasteiger partial charge in [-0.05, 0) is 23.7 Å². The number of fused-ring (bicyclic) bond motifs is 2. The second kappa shape index (κ2) is 5.35. The fourth-order valence-corrected chi connectivity index (χ4v) is 4.40. The maximum Gasteiger partial charge on any atom is 0.292 e. The van der Waals surface area contributed by atoms with E-state index in [1.54, 1.807) is 6.07 Å². The van der Waals surface area contributed by atoms with E-state index >= 15 is 0 Å². The summed E-state index contributed by atoms with van der Waals surface area (Å²) in [5.74, 6) is 1.55. The zero-order valence-corrected chi connectivity index (χ0v) is 15.1. The highest BCUT2D eigenvalue weighted by molar-refractivity contribution is 6.46. The Morgan fingerprint density at radius 1 is 1.20 bits per heavy atom. The standard InChI is InChI=1S/C18H20ClFN5/c1-10-21-16-17-15(25(10)17)8-11-7-12(19)13(20)9-14(11)22-18(16)24-5-3-23(2)4-6-24/h7,9,15,17H,3-6,8H2,1-2H3/q+1. The number of halogens is 2. The molecule has 4 aliphatic rings. The van der Waals surface area contributed by atoms with E-state index in [1.165, 1.54) is 6.07 Å². The van der Waals surface area contributed by atoms with Gasteiger partial charge < -0.3 is 9.80 Å². The Kier molecular flexibility index (Phi) is 3.31. The normalized spacial score (nSPS) is 28.1. The quantitative estimate of drug-likeness (QED) is 0.523. The summed E-state index contributed by atoms with van der Waals surface area (Å²) in [6.45, 7) is 5.87. The summed E-state index contributed by atoms with van der Waals surface area (Å²) in [4.78, 5) is 14.3. The van der Waals surface area contributed by atoms with Crippen molar-refractivity contribution in [2.24, 2.45) is 9.98 Å². The van der Waals surface area contributed by atoms with Gasteiger partial charge in [-0.15, -0.1) is 0 Å². The van der Waals surface area contributed by atoms with Crippen molar-refractivity contribution in [3.05, 3.63) is 28.5 Å². The summed E-state index contributed by atoms with van der Waals surface area (Å²) in [7, 11) is 2.13. The highest BCUT2D eigenvalue weighted by atomic mass is 35.5. The number of benzene rings is 1. The molecule has 0 N–H and O–H groups in total. The number of aliphatic imine (C=N–C) groups is 2. The maximum absolute atomic E-state index is 14.1. The fourth-order valence-electron chi connectivity index (χ4n) is 4.22. The molecule has 130 valence electrons. The van der Waals surface area contributed by atoms with Crippen molar-refractivity contribution in [1.82, 2.24) is 9.80 Å². The van der Waals surface area contributed by atoms with E-state index in [2.05, 4.69) is 28.3 Å². The molecule has 4 heterocycles. The van der Waals surface area contributed by atoms with E-state index in [1.807, 2.05) is 0 Å². The van der Waals surface area contributed by atoms with Crippen molar-refractivity contribution in [3.8, 4) is 0 Å². The minimum absolute atomic E-state index is 0.172. The van der Waals surface area contributed by atoms with Crippen LogP contribution in [0.5, 0.6) is 0 Å². The smallest absolute Gasteiger partial charge is 0.292 e. The van der Waals surface area contributed by atoms with Crippen LogP contribution in [-0.4, -0.2) is 77.1 Å². The van der Waals surface area contributed by atoms with Gasteiger partial charge in [0, 0.05) is 45.6 Å². The molecule has 7 heteroatoms. The van der Waals surface area contributed by atoms with E-state index in [-0.39, 0.29) is 5.02 Å². The molecule has 0 bridgehead atoms. The number of rotatable bonds is 0. The van der Waals surface area contributed by atoms with Gasteiger partial charge in [0.1, 0.15) is 11.9 Å². The highest BCUT2D eigenvalue weighted by Crippen LogP contribution is 2.39. The second-order valence-corrected chi connectivity index (χ2v) is 7.70. The lowest BCUT2D eigenvalue weighted by Crippen LogP contribution is -2.50. The SMILES string of the molecule is CC1=[N+]2C3Cc4cc(Cl)c(F)cc4N=C(N4CCN(C)CC4)C(=N1)C32. The van der Waals surface area contributed by atoms with Crippen molar-refractivity contribution < 1.29 is 8.97 Å². The molecule has 0 aliphatic carbocycles. The summed E-state index contributed by atoms with van der Waals surface area (Å²) in [5.41, 5.74) is 2.76. The first kappa shape index (κ1) is 15.5. The molecule has 2 unspecified atom stereocenters. The summed E-state index contributed by atoms with van der Waals surface area (Å²) >= 11 is 6.03. The summed E-state index contributed by atoms with van der Waals surface area (Å²) < 4.78 is 16.4. The molecule has 2 fully saturated rings. The van der Waals surface area contributed by atoms with Gasteiger partial charge in [-0.2, -0.15) is 0 Å². The average Bonchev–Trinajstić information content (AvgIpc) is 3.17. The Hall–Kier alpha value is -1.79. The van der Waals surface area contributed by atoms with Crippen LogP contribution in [0, 0.1) is 5.82 Å². The van der Waals surface area contributed by atoms with E-state index in [0.29, 0.717) is 17.8 Å². The van der Waals surface area contributed by atoms with Crippen molar-refractivity contribution in [1.29, 1.82) is 0 Å². The second-order valence-electron chi connectivity index (χ2n) is 7.29. The minimum atomic E-state index is -0.412. The number of hydrogen-bond acceptors (Lipinski definition) is 4. The van der Waals surface area contributed by atoms with E-state index < -0.39 is 5.82 Å². The Morgan fingerprint density at radius 3 is 2.72 bits per heavy atom. The number of likely N-dealkylation sites (N-methyl/N-ethyl adjacent to an activating group) is 1. The Bertz CT molecular complexity index is 866. The van der Waals surface area contributed by atoms with Gasteiger partial charge in [0.2, 0.25) is 11.8 Å². The van der Waals surface area contributed by atoms with Crippen LogP contribution in [0.4, 0.5) is 10.1 Å². The lowest BCUT2D eigenvalue weighted by molar-refractivity contribution is -0.369. The van der Waals surface area contributed by atoms with Crippen LogP contribution in [-0.2, 0) is 6.42 Å². The first-order valence-electron chi connectivity index (χ1n) is 8.74. The van der Waals surface area contributed by atoms with Crippen LogP contribution < -0.4 is 0 Å². The van der Waals surface area contributed by atoms with Crippen molar-refractivity contribution >= 4 is 34.7 Å². The fraction of sp³-hybridized carbons (Fsp3) is 0.500. The van der Waals surface area contributed by atoms with E-state index in [9.17, 15) is 4.39 Å². The zero-order chi connectivity index (χ0) is 17.3. The molecule has 2 atom stereocenters. The molecule has 0 radical (unpaired) electrons. The molecule has 0 amide bonds. The van der Waals surface area contributed by atoms with E-state index in [0.717, 1.165) is 55.5 Å². The first-order chi connectivity index (χ1) is 12.0. The van der Waals surface area contributed by atoms with Crippen LogP contribution in [0.25, 0.3) is 0 Å². The molecule has 4 aliphatic heterocycles. The molecule has 0 spiro atoms. The van der Waals surface area contributed by atoms with Crippen LogP contribution in [0.2, 0.25) is 5.02 Å². The van der Waals surface area contributed by atoms with Crippen molar-refractivity contribution in [2.45, 2.75) is 25.4 Å². The van der Waals surface area contributed by atoms with Crippen LogP contribution >= 0.6 is 11.6 Å². The van der Waals surface area contributed by atoms with E-state index in [4.69, 9.17) is 21.6 Å². The van der Waals surface area contributed by atoms with Crippen LogP contribution in [0.15, 0.2) is 22.1 Å². The number of piperazine rings is 1. The molecule has 0 saturated carbocycles. The Morgan fingerprint density at radius 2 is 1.96 bits per heavy atom. The molecule has 5 rings (SSSR count). The third-order valence-corrected chi connectivity index (χ3v) is 5.97. The molecular weight excluding hydrogens is 341 g/mol. The largest absolute Gasteiger partial charge is 0.351 e. The van der Waals surface area contributed by atoms with Crippen molar-refractivity contribution in [2.75, 3.05) is 33.2 Å². The topological polar surface area (TPSA) is 34.2 Å². The lowest BCUT2D eigenvalue weighted by Gasteiger charge is -2.34. The average molecular weight is 361 g/mol. The van der Waals surface area contributed by atoms with Crippen molar-refractivity contribution in [3.63, 3.8) is 0 Å². The third kappa shape index (κ3) is 2.34. The number of hydrogen-bond donors (Lipinski definition) is 0. The molecular formula is C18H20ClFN5+. The summed E-state index contributed by atoms with van der Waals surface area (Å²) in [6.07, 6.45) is 0.829. The predicted molar refractivity (Wildman–Crippen MR) is 97.2 cm³/mol. The van der Waals surface area contributed by atoms with Gasteiger partial charge in [0.15, 0.2) is 5.84 Å². The Balaban J connectivity index is 1.63. The minimum Gasteiger partial charge on any atom is -0.351 e. The molecule has 1 aromatic rings. The van der Waals surface area contributed by atoms with Gasteiger partial charge in [-0.1, -0.05) is 11.6 Å². The molecule has 5 nitrogen and oxygen atoms in total. The van der Waals surface area contributed by atoms with Gasteiger partial charge in [0.25, 0.3) is 5.84 Å². The lowest BCUT2D eigenvalue weighted by atomic mass is 10.0. The summed E-state index contributed by atoms with van der Waals surface area (Å²) in [6, 6.07) is 3.92. The Labute approximate surface area is 151 Å². The molecule has 0 aromatic heterocycles. The molecule has 1 aromatic carbocycles. The van der Waals surface area contributed by atoms with Gasteiger partial charge in [0.05, 0.1) is 10.7 Å².